The number of hydrogen-bond acceptors (Lipinski definition) is 5. The SMILES string of the molecule is C[C@H](CO)CNC(=O)c1cc2cc(C(=O)O)sc2s1. The minimum Gasteiger partial charge on any atom is -0.477 e. The fraction of sp³-hybridized carbons (Fsp3) is 0.333. The number of carbonyl (C=O) groups excluding carboxylic acids is 1. The van der Waals surface area contributed by atoms with Gasteiger partial charge in [-0.05, 0) is 18.1 Å². The Labute approximate surface area is 117 Å². The number of hydrogen-bond donors (Lipinski definition) is 3. The van der Waals surface area contributed by atoms with Crippen molar-refractivity contribution in [1.82, 2.24) is 5.32 Å². The van der Waals surface area contributed by atoms with Gasteiger partial charge in [0.2, 0.25) is 0 Å². The maximum absolute atomic E-state index is 11.9. The van der Waals surface area contributed by atoms with Gasteiger partial charge in [0.25, 0.3) is 5.91 Å². The Morgan fingerprint density at radius 2 is 1.95 bits per heavy atom. The first-order valence-corrected chi connectivity index (χ1v) is 7.30. The quantitative estimate of drug-likeness (QED) is 0.788. The molecule has 0 aliphatic carbocycles. The first kappa shape index (κ1) is 14.0. The summed E-state index contributed by atoms with van der Waals surface area (Å²) in [6.07, 6.45) is 0. The Morgan fingerprint density at radius 1 is 1.32 bits per heavy atom. The molecule has 0 fully saturated rings. The summed E-state index contributed by atoms with van der Waals surface area (Å²) in [7, 11) is 0. The van der Waals surface area contributed by atoms with E-state index in [1.54, 1.807) is 12.1 Å². The molecule has 19 heavy (non-hydrogen) atoms. The number of aromatic carboxylic acids is 1. The zero-order valence-electron chi connectivity index (χ0n) is 10.2. The van der Waals surface area contributed by atoms with Crippen LogP contribution in [0.2, 0.25) is 0 Å². The lowest BCUT2D eigenvalue weighted by atomic mass is 10.2. The molecule has 5 nitrogen and oxygen atoms in total. The highest BCUT2D eigenvalue weighted by Crippen LogP contribution is 2.33. The van der Waals surface area contributed by atoms with E-state index in [0.29, 0.717) is 11.4 Å². The number of aliphatic hydroxyl groups is 1. The Bertz CT molecular complexity index is 585. The van der Waals surface area contributed by atoms with E-state index in [1.165, 1.54) is 22.7 Å². The molecule has 2 aromatic heterocycles. The summed E-state index contributed by atoms with van der Waals surface area (Å²) in [6.45, 7) is 2.29. The van der Waals surface area contributed by atoms with E-state index >= 15 is 0 Å². The Morgan fingerprint density at radius 3 is 2.53 bits per heavy atom. The van der Waals surface area contributed by atoms with Crippen LogP contribution in [0.1, 0.15) is 26.3 Å². The molecule has 2 heterocycles. The average molecular weight is 299 g/mol. The van der Waals surface area contributed by atoms with Gasteiger partial charge in [-0.15, -0.1) is 22.7 Å². The molecule has 0 unspecified atom stereocenters. The summed E-state index contributed by atoms with van der Waals surface area (Å²) in [5.41, 5.74) is 0. The van der Waals surface area contributed by atoms with Crippen molar-refractivity contribution in [3.63, 3.8) is 0 Å². The van der Waals surface area contributed by atoms with E-state index in [9.17, 15) is 9.59 Å². The Kier molecular flexibility index (Phi) is 4.18. The van der Waals surface area contributed by atoms with Crippen molar-refractivity contribution in [2.45, 2.75) is 6.92 Å². The van der Waals surface area contributed by atoms with Crippen LogP contribution in [0.3, 0.4) is 0 Å². The van der Waals surface area contributed by atoms with Crippen LogP contribution in [-0.4, -0.2) is 35.2 Å². The third kappa shape index (κ3) is 3.12. The van der Waals surface area contributed by atoms with Crippen LogP contribution in [0.4, 0.5) is 0 Å². The summed E-state index contributed by atoms with van der Waals surface area (Å²) < 4.78 is 0.831. The number of amides is 1. The number of aliphatic hydroxyl groups excluding tert-OH is 1. The van der Waals surface area contributed by atoms with Gasteiger partial charge in [-0.1, -0.05) is 6.92 Å². The van der Waals surface area contributed by atoms with Crippen molar-refractivity contribution in [3.8, 4) is 0 Å². The third-order valence-electron chi connectivity index (χ3n) is 2.57. The van der Waals surface area contributed by atoms with Gasteiger partial charge in [0.05, 0.1) is 8.89 Å². The van der Waals surface area contributed by atoms with Gasteiger partial charge >= 0.3 is 5.97 Å². The van der Waals surface area contributed by atoms with Crippen molar-refractivity contribution in [1.29, 1.82) is 0 Å². The highest BCUT2D eigenvalue weighted by Gasteiger charge is 2.15. The molecule has 3 N–H and O–H groups in total. The second-order valence-corrected chi connectivity index (χ2v) is 6.63. The van der Waals surface area contributed by atoms with E-state index in [1.807, 2.05) is 6.92 Å². The molecule has 0 radical (unpaired) electrons. The van der Waals surface area contributed by atoms with Gasteiger partial charge in [-0.2, -0.15) is 0 Å². The Balaban J connectivity index is 2.11. The van der Waals surface area contributed by atoms with Crippen LogP contribution in [0.25, 0.3) is 9.40 Å². The maximum atomic E-state index is 11.9. The van der Waals surface area contributed by atoms with Crippen molar-refractivity contribution in [2.75, 3.05) is 13.2 Å². The summed E-state index contributed by atoms with van der Waals surface area (Å²) in [6, 6.07) is 3.27. The topological polar surface area (TPSA) is 86.6 Å². The predicted molar refractivity (Wildman–Crippen MR) is 75.2 cm³/mol. The standard InChI is InChI=1S/C12H13NO4S2/c1-6(5-14)4-13-10(15)8-2-7-3-9(11(16)17)19-12(7)18-8/h2-3,6,14H,4-5H2,1H3,(H,13,15)(H,16,17)/t6-/m0/s1. The molecule has 0 aromatic carbocycles. The highest BCUT2D eigenvalue weighted by molar-refractivity contribution is 7.39. The molecule has 0 aliphatic heterocycles. The maximum Gasteiger partial charge on any atom is 0.345 e. The van der Waals surface area contributed by atoms with Crippen LogP contribution in [0.5, 0.6) is 0 Å². The number of carboxylic acid groups (broad SMARTS) is 1. The van der Waals surface area contributed by atoms with E-state index in [2.05, 4.69) is 5.32 Å². The summed E-state index contributed by atoms with van der Waals surface area (Å²) in [5, 5.41) is 21.3. The van der Waals surface area contributed by atoms with E-state index in [4.69, 9.17) is 10.2 Å². The van der Waals surface area contributed by atoms with Gasteiger partial charge in [0, 0.05) is 18.5 Å². The van der Waals surface area contributed by atoms with Gasteiger partial charge in [-0.3, -0.25) is 4.79 Å². The lowest BCUT2D eigenvalue weighted by molar-refractivity contribution is 0.0702. The minimum atomic E-state index is -0.948. The highest BCUT2D eigenvalue weighted by atomic mass is 32.2. The number of rotatable bonds is 5. The van der Waals surface area contributed by atoms with Gasteiger partial charge in [-0.25, -0.2) is 4.79 Å². The Hall–Kier alpha value is -1.44. The van der Waals surface area contributed by atoms with E-state index in [0.717, 1.165) is 9.40 Å². The van der Waals surface area contributed by atoms with E-state index in [-0.39, 0.29) is 23.3 Å². The normalized spacial score (nSPS) is 12.5. The van der Waals surface area contributed by atoms with Crippen molar-refractivity contribution < 1.29 is 19.8 Å². The van der Waals surface area contributed by atoms with Gasteiger partial charge < -0.3 is 15.5 Å². The molecular formula is C12H13NO4S2. The largest absolute Gasteiger partial charge is 0.477 e. The number of nitrogens with one attached hydrogen (secondary N) is 1. The zero-order valence-corrected chi connectivity index (χ0v) is 11.8. The van der Waals surface area contributed by atoms with Crippen molar-refractivity contribution in [3.05, 3.63) is 21.9 Å². The number of carboxylic acids is 1. The molecule has 2 aromatic rings. The summed E-state index contributed by atoms with van der Waals surface area (Å²) in [5.74, 6) is -1.12. The van der Waals surface area contributed by atoms with Gasteiger partial charge in [0.1, 0.15) is 4.88 Å². The van der Waals surface area contributed by atoms with Crippen LogP contribution < -0.4 is 5.32 Å². The summed E-state index contributed by atoms with van der Waals surface area (Å²) in [4.78, 5) is 23.5. The lowest BCUT2D eigenvalue weighted by Gasteiger charge is -2.08. The van der Waals surface area contributed by atoms with Crippen LogP contribution >= 0.6 is 22.7 Å². The van der Waals surface area contributed by atoms with Gasteiger partial charge in [0.15, 0.2) is 0 Å². The number of carbonyl (C=O) groups is 2. The fourth-order valence-corrected chi connectivity index (χ4v) is 3.68. The molecule has 7 heteroatoms. The number of fused-ring (bicyclic) bond motifs is 1. The molecule has 1 amide bonds. The molecule has 0 saturated heterocycles. The zero-order chi connectivity index (χ0) is 14.0. The second kappa shape index (κ2) is 5.68. The second-order valence-electron chi connectivity index (χ2n) is 4.27. The molecule has 1 atom stereocenters. The monoisotopic (exact) mass is 299 g/mol. The molecule has 0 bridgehead atoms. The average Bonchev–Trinajstić information content (AvgIpc) is 2.93. The molecular weight excluding hydrogens is 286 g/mol. The number of thiophene rings is 2. The smallest absolute Gasteiger partial charge is 0.345 e. The molecule has 0 spiro atoms. The molecule has 102 valence electrons. The molecule has 0 aliphatic rings. The predicted octanol–water partition coefficient (Wildman–Crippen LogP) is 2.02. The van der Waals surface area contributed by atoms with Crippen molar-refractivity contribution >= 4 is 43.9 Å². The first-order valence-electron chi connectivity index (χ1n) is 5.67. The third-order valence-corrected chi connectivity index (χ3v) is 4.95. The lowest BCUT2D eigenvalue weighted by Crippen LogP contribution is -2.28. The fourth-order valence-electron chi connectivity index (χ4n) is 1.48. The van der Waals surface area contributed by atoms with E-state index < -0.39 is 5.97 Å². The molecule has 0 saturated carbocycles. The van der Waals surface area contributed by atoms with Crippen LogP contribution in [0, 0.1) is 5.92 Å². The van der Waals surface area contributed by atoms with Crippen molar-refractivity contribution in [2.24, 2.45) is 5.92 Å². The van der Waals surface area contributed by atoms with Crippen LogP contribution in [0.15, 0.2) is 12.1 Å². The van der Waals surface area contributed by atoms with Crippen LogP contribution in [-0.2, 0) is 0 Å². The minimum absolute atomic E-state index is 0.0173. The first-order chi connectivity index (χ1) is 9.01. The molecule has 2 rings (SSSR count). The summed E-state index contributed by atoms with van der Waals surface area (Å²) >= 11 is 2.46.